The lowest BCUT2D eigenvalue weighted by atomic mass is 9.86. The van der Waals surface area contributed by atoms with Crippen LogP contribution >= 0.6 is 0 Å². The van der Waals surface area contributed by atoms with Gasteiger partial charge in [0.1, 0.15) is 0 Å². The summed E-state index contributed by atoms with van der Waals surface area (Å²) in [6.45, 7) is 2.40. The van der Waals surface area contributed by atoms with E-state index in [1.807, 2.05) is 30.3 Å². The second-order valence-electron chi connectivity index (χ2n) is 6.22. The van der Waals surface area contributed by atoms with Crippen molar-refractivity contribution in [2.24, 2.45) is 0 Å². The van der Waals surface area contributed by atoms with Gasteiger partial charge in [-0.25, -0.2) is 0 Å². The van der Waals surface area contributed by atoms with E-state index in [0.717, 1.165) is 31.5 Å². The summed E-state index contributed by atoms with van der Waals surface area (Å²) in [5, 5.41) is 6.59. The van der Waals surface area contributed by atoms with Gasteiger partial charge >= 0.3 is 0 Å². The Bertz CT molecular complexity index is 722. The summed E-state index contributed by atoms with van der Waals surface area (Å²) in [7, 11) is 0. The van der Waals surface area contributed by atoms with Gasteiger partial charge in [-0.3, -0.25) is 4.79 Å². The van der Waals surface area contributed by atoms with Crippen molar-refractivity contribution in [1.82, 2.24) is 5.32 Å². The van der Waals surface area contributed by atoms with Crippen molar-refractivity contribution in [3.8, 4) is 0 Å². The smallest absolute Gasteiger partial charge is 0.221 e. The molecule has 2 aromatic rings. The number of hydrogen-bond acceptors (Lipinski definition) is 2. The fourth-order valence-corrected chi connectivity index (χ4v) is 3.34. The Morgan fingerprint density at radius 3 is 2.79 bits per heavy atom. The predicted molar refractivity (Wildman–Crippen MR) is 99.9 cm³/mol. The first kappa shape index (κ1) is 16.5. The molecule has 2 aromatic carbocycles. The minimum absolute atomic E-state index is 0.00993. The molecule has 1 unspecified atom stereocenters. The average Bonchev–Trinajstić information content (AvgIpc) is 2.60. The molecule has 1 atom stereocenters. The minimum Gasteiger partial charge on any atom is -0.326 e. The molecule has 0 aliphatic heterocycles. The summed E-state index contributed by atoms with van der Waals surface area (Å²) in [5.74, 6) is -0.00993. The lowest BCUT2D eigenvalue weighted by Crippen LogP contribution is -2.26. The standard InChI is InChI=1S/C21H24N2O/c1-16(24)23-21-14-6-11-18-19(21)12-5-13-20(18)22-15-7-10-17-8-3-2-4-9-17/h2-4,6-11,14,20,22H,5,12-13,15H2,1H3,(H,23,24). The lowest BCUT2D eigenvalue weighted by Gasteiger charge is -2.28. The zero-order chi connectivity index (χ0) is 16.8. The van der Waals surface area contributed by atoms with Crippen LogP contribution in [0.1, 0.15) is 42.5 Å². The zero-order valence-corrected chi connectivity index (χ0v) is 14.1. The van der Waals surface area contributed by atoms with Gasteiger partial charge in [-0.2, -0.15) is 0 Å². The van der Waals surface area contributed by atoms with Crippen LogP contribution in [0.15, 0.2) is 54.6 Å². The van der Waals surface area contributed by atoms with E-state index >= 15 is 0 Å². The Labute approximate surface area is 143 Å². The first-order valence-electron chi connectivity index (χ1n) is 8.58. The molecule has 2 N–H and O–H groups in total. The third-order valence-corrected chi connectivity index (χ3v) is 4.41. The molecule has 0 saturated heterocycles. The number of nitrogens with one attached hydrogen (secondary N) is 2. The third kappa shape index (κ3) is 4.12. The maximum absolute atomic E-state index is 11.4. The van der Waals surface area contributed by atoms with E-state index in [0.29, 0.717) is 6.04 Å². The maximum atomic E-state index is 11.4. The molecule has 0 fully saturated rings. The normalized spacial score (nSPS) is 16.8. The molecule has 0 heterocycles. The first-order valence-corrected chi connectivity index (χ1v) is 8.58. The monoisotopic (exact) mass is 320 g/mol. The van der Waals surface area contributed by atoms with Crippen LogP contribution in [-0.4, -0.2) is 12.5 Å². The molecule has 3 nitrogen and oxygen atoms in total. The van der Waals surface area contributed by atoms with Crippen LogP contribution in [0, 0.1) is 0 Å². The molecule has 124 valence electrons. The molecule has 0 radical (unpaired) electrons. The van der Waals surface area contributed by atoms with Gasteiger partial charge in [-0.05, 0) is 42.0 Å². The molecule has 3 rings (SSSR count). The highest BCUT2D eigenvalue weighted by molar-refractivity contribution is 5.89. The van der Waals surface area contributed by atoms with Crippen LogP contribution in [-0.2, 0) is 11.2 Å². The van der Waals surface area contributed by atoms with Crippen molar-refractivity contribution in [2.45, 2.75) is 32.2 Å². The van der Waals surface area contributed by atoms with Gasteiger partial charge in [0.2, 0.25) is 5.91 Å². The molecule has 1 aliphatic rings. The highest BCUT2D eigenvalue weighted by Gasteiger charge is 2.21. The van der Waals surface area contributed by atoms with E-state index in [1.54, 1.807) is 6.92 Å². The van der Waals surface area contributed by atoms with Crippen molar-refractivity contribution in [3.05, 3.63) is 71.3 Å². The van der Waals surface area contributed by atoms with Gasteiger partial charge in [-0.15, -0.1) is 0 Å². The zero-order valence-electron chi connectivity index (χ0n) is 14.1. The molecule has 0 saturated carbocycles. The highest BCUT2D eigenvalue weighted by Crippen LogP contribution is 2.34. The summed E-state index contributed by atoms with van der Waals surface area (Å²) in [6, 6.07) is 16.9. The second-order valence-corrected chi connectivity index (χ2v) is 6.22. The van der Waals surface area contributed by atoms with Crippen LogP contribution in [0.4, 0.5) is 5.69 Å². The van der Waals surface area contributed by atoms with Crippen LogP contribution in [0.5, 0.6) is 0 Å². The number of rotatable bonds is 5. The number of anilines is 1. The number of amides is 1. The van der Waals surface area contributed by atoms with Gasteiger partial charge in [0, 0.05) is 25.2 Å². The van der Waals surface area contributed by atoms with Crippen molar-refractivity contribution in [2.75, 3.05) is 11.9 Å². The van der Waals surface area contributed by atoms with Crippen LogP contribution in [0.25, 0.3) is 6.08 Å². The molecular formula is C21H24N2O. The summed E-state index contributed by atoms with van der Waals surface area (Å²) >= 11 is 0. The molecule has 1 amide bonds. The number of benzene rings is 2. The van der Waals surface area contributed by atoms with Crippen molar-refractivity contribution >= 4 is 17.7 Å². The number of carbonyl (C=O) groups excluding carboxylic acids is 1. The molecule has 3 heteroatoms. The minimum atomic E-state index is -0.00993. The maximum Gasteiger partial charge on any atom is 0.221 e. The van der Waals surface area contributed by atoms with Gasteiger partial charge in [0.25, 0.3) is 0 Å². The van der Waals surface area contributed by atoms with Crippen LogP contribution in [0.3, 0.4) is 0 Å². The Morgan fingerprint density at radius 2 is 2.00 bits per heavy atom. The van der Waals surface area contributed by atoms with E-state index < -0.39 is 0 Å². The molecule has 0 aromatic heterocycles. The predicted octanol–water partition coefficient (Wildman–Crippen LogP) is 4.33. The summed E-state index contributed by atoms with van der Waals surface area (Å²) in [6.07, 6.45) is 7.62. The number of carbonyl (C=O) groups is 1. The molecule has 1 aliphatic carbocycles. The van der Waals surface area contributed by atoms with Gasteiger partial charge in [0.05, 0.1) is 0 Å². The van der Waals surface area contributed by atoms with Gasteiger partial charge < -0.3 is 10.6 Å². The Morgan fingerprint density at radius 1 is 1.17 bits per heavy atom. The first-order chi connectivity index (χ1) is 11.7. The van der Waals surface area contributed by atoms with Gasteiger partial charge in [0.15, 0.2) is 0 Å². The van der Waals surface area contributed by atoms with Crippen molar-refractivity contribution in [1.29, 1.82) is 0 Å². The summed E-state index contributed by atoms with van der Waals surface area (Å²) in [4.78, 5) is 11.4. The van der Waals surface area contributed by atoms with Crippen LogP contribution < -0.4 is 10.6 Å². The van der Waals surface area contributed by atoms with E-state index in [2.05, 4.69) is 41.0 Å². The lowest BCUT2D eigenvalue weighted by molar-refractivity contribution is -0.114. The van der Waals surface area contributed by atoms with Crippen LogP contribution in [0.2, 0.25) is 0 Å². The fourth-order valence-electron chi connectivity index (χ4n) is 3.34. The van der Waals surface area contributed by atoms with Gasteiger partial charge in [-0.1, -0.05) is 54.6 Å². The number of fused-ring (bicyclic) bond motifs is 1. The Hall–Kier alpha value is -2.39. The SMILES string of the molecule is CC(=O)Nc1cccc2c1CCCC2NCC=Cc1ccccc1. The van der Waals surface area contributed by atoms with E-state index in [-0.39, 0.29) is 5.91 Å². The Kier molecular flexibility index (Phi) is 5.44. The fraction of sp³-hybridized carbons (Fsp3) is 0.286. The molecule has 0 spiro atoms. The summed E-state index contributed by atoms with van der Waals surface area (Å²) in [5.41, 5.74) is 4.78. The Balaban J connectivity index is 1.66. The average molecular weight is 320 g/mol. The molecule has 0 bridgehead atoms. The van der Waals surface area contributed by atoms with Crippen molar-refractivity contribution < 1.29 is 4.79 Å². The third-order valence-electron chi connectivity index (χ3n) is 4.41. The van der Waals surface area contributed by atoms with E-state index in [4.69, 9.17) is 0 Å². The molecular weight excluding hydrogens is 296 g/mol. The molecule has 24 heavy (non-hydrogen) atoms. The topological polar surface area (TPSA) is 41.1 Å². The quantitative estimate of drug-likeness (QED) is 0.861. The summed E-state index contributed by atoms with van der Waals surface area (Å²) < 4.78 is 0. The largest absolute Gasteiger partial charge is 0.326 e. The van der Waals surface area contributed by atoms with E-state index in [1.165, 1.54) is 16.7 Å². The van der Waals surface area contributed by atoms with Crippen molar-refractivity contribution in [3.63, 3.8) is 0 Å². The second kappa shape index (κ2) is 7.93. The van der Waals surface area contributed by atoms with E-state index in [9.17, 15) is 4.79 Å². The number of hydrogen-bond donors (Lipinski definition) is 2. The highest BCUT2D eigenvalue weighted by atomic mass is 16.1.